The molecule has 0 saturated carbocycles. The van der Waals surface area contributed by atoms with Crippen LogP contribution in [-0.2, 0) is 6.54 Å². The lowest BCUT2D eigenvalue weighted by atomic mass is 10.1. The Morgan fingerprint density at radius 3 is 2.61 bits per heavy atom. The van der Waals surface area contributed by atoms with Gasteiger partial charge in [0.05, 0.1) is 0 Å². The molecule has 0 aliphatic carbocycles. The van der Waals surface area contributed by atoms with E-state index in [1.54, 1.807) is 0 Å². The molecule has 0 radical (unpaired) electrons. The number of benzene rings is 1. The summed E-state index contributed by atoms with van der Waals surface area (Å²) >= 11 is 12.5. The first-order valence-corrected chi connectivity index (χ1v) is 7.27. The van der Waals surface area contributed by atoms with Gasteiger partial charge in [0.25, 0.3) is 0 Å². The van der Waals surface area contributed by atoms with E-state index < -0.39 is 0 Å². The molecule has 4 heteroatoms. The van der Waals surface area contributed by atoms with Crippen molar-refractivity contribution in [1.29, 1.82) is 0 Å². The lowest BCUT2D eigenvalue weighted by Gasteiger charge is -2.38. The van der Waals surface area contributed by atoms with E-state index in [0.29, 0.717) is 12.1 Å². The first-order valence-electron chi connectivity index (χ1n) is 6.52. The zero-order chi connectivity index (χ0) is 13.1. The highest BCUT2D eigenvalue weighted by molar-refractivity contribution is 6.35. The molecule has 2 rings (SSSR count). The van der Waals surface area contributed by atoms with Gasteiger partial charge in [0.15, 0.2) is 0 Å². The van der Waals surface area contributed by atoms with Crippen LogP contribution in [0, 0.1) is 0 Å². The summed E-state index contributed by atoms with van der Waals surface area (Å²) in [6.45, 7) is 7.37. The molecule has 0 amide bonds. The normalized spacial score (nSPS) is 25.3. The molecule has 0 aromatic heterocycles. The molecule has 1 N–H and O–H groups in total. The molecule has 1 aromatic carbocycles. The number of hydrogen-bond donors (Lipinski definition) is 1. The molecule has 1 saturated heterocycles. The number of piperazine rings is 1. The van der Waals surface area contributed by atoms with Crippen molar-refractivity contribution in [2.45, 2.75) is 38.9 Å². The van der Waals surface area contributed by atoms with Crippen LogP contribution in [-0.4, -0.2) is 30.1 Å². The number of nitrogens with one attached hydrogen (secondary N) is 1. The zero-order valence-electron chi connectivity index (χ0n) is 10.9. The minimum absolute atomic E-state index is 0.514. The van der Waals surface area contributed by atoms with Gasteiger partial charge in [0, 0.05) is 47.3 Å². The maximum Gasteiger partial charge on any atom is 0.0465 e. The van der Waals surface area contributed by atoms with Crippen molar-refractivity contribution in [3.63, 3.8) is 0 Å². The molecule has 1 aliphatic rings. The smallest absolute Gasteiger partial charge is 0.0465 e. The maximum atomic E-state index is 6.24. The molecular weight excluding hydrogens is 267 g/mol. The van der Waals surface area contributed by atoms with E-state index in [0.717, 1.165) is 41.7 Å². The van der Waals surface area contributed by atoms with Crippen LogP contribution in [0.5, 0.6) is 0 Å². The third-order valence-electron chi connectivity index (χ3n) is 3.70. The minimum atomic E-state index is 0.514. The molecule has 1 fully saturated rings. The lowest BCUT2D eigenvalue weighted by Crippen LogP contribution is -2.54. The topological polar surface area (TPSA) is 15.3 Å². The fourth-order valence-electron chi connectivity index (χ4n) is 2.37. The molecule has 2 nitrogen and oxygen atoms in total. The fraction of sp³-hybridized carbons (Fsp3) is 0.571. The Morgan fingerprint density at radius 2 is 2.00 bits per heavy atom. The van der Waals surface area contributed by atoms with Crippen LogP contribution in [0.1, 0.15) is 25.8 Å². The predicted octanol–water partition coefficient (Wildman–Crippen LogP) is 3.57. The van der Waals surface area contributed by atoms with E-state index in [2.05, 4.69) is 24.1 Å². The maximum absolute atomic E-state index is 6.24. The Morgan fingerprint density at radius 1 is 1.33 bits per heavy atom. The van der Waals surface area contributed by atoms with Crippen molar-refractivity contribution in [2.24, 2.45) is 0 Å². The van der Waals surface area contributed by atoms with Crippen molar-refractivity contribution >= 4 is 23.2 Å². The Balaban J connectivity index is 2.12. The van der Waals surface area contributed by atoms with E-state index >= 15 is 0 Å². The summed E-state index contributed by atoms with van der Waals surface area (Å²) in [5.74, 6) is 0. The summed E-state index contributed by atoms with van der Waals surface area (Å²) in [5.41, 5.74) is 1.05. The average molecular weight is 287 g/mol. The average Bonchev–Trinajstić information content (AvgIpc) is 2.36. The number of halogens is 2. The quantitative estimate of drug-likeness (QED) is 0.914. The predicted molar refractivity (Wildman–Crippen MR) is 78.4 cm³/mol. The van der Waals surface area contributed by atoms with Crippen LogP contribution >= 0.6 is 23.2 Å². The second-order valence-corrected chi connectivity index (χ2v) is 5.81. The summed E-state index contributed by atoms with van der Waals surface area (Å²) < 4.78 is 0. The van der Waals surface area contributed by atoms with Gasteiger partial charge in [-0.25, -0.2) is 0 Å². The highest BCUT2D eigenvalue weighted by Gasteiger charge is 2.24. The van der Waals surface area contributed by atoms with E-state index in [4.69, 9.17) is 23.2 Å². The van der Waals surface area contributed by atoms with Crippen molar-refractivity contribution in [1.82, 2.24) is 10.2 Å². The number of rotatable bonds is 3. The van der Waals surface area contributed by atoms with Gasteiger partial charge >= 0.3 is 0 Å². The molecule has 1 heterocycles. The fourth-order valence-corrected chi connectivity index (χ4v) is 2.89. The summed E-state index contributed by atoms with van der Waals surface area (Å²) in [6.07, 6.45) is 1.15. The van der Waals surface area contributed by atoms with Crippen molar-refractivity contribution < 1.29 is 0 Å². The Labute approximate surface area is 119 Å². The number of nitrogens with zero attached hydrogens (tertiary/aromatic N) is 1. The highest BCUT2D eigenvalue weighted by Crippen LogP contribution is 2.27. The SMILES string of the molecule is CCC1CN(Cc2c(Cl)cccc2Cl)C(C)CN1. The number of hydrogen-bond acceptors (Lipinski definition) is 2. The van der Waals surface area contributed by atoms with Gasteiger partial charge in [0.2, 0.25) is 0 Å². The van der Waals surface area contributed by atoms with E-state index in [-0.39, 0.29) is 0 Å². The molecule has 0 spiro atoms. The lowest BCUT2D eigenvalue weighted by molar-refractivity contribution is 0.131. The molecule has 18 heavy (non-hydrogen) atoms. The van der Waals surface area contributed by atoms with Crippen LogP contribution in [0.3, 0.4) is 0 Å². The summed E-state index contributed by atoms with van der Waals surface area (Å²) in [6, 6.07) is 6.80. The van der Waals surface area contributed by atoms with Crippen LogP contribution < -0.4 is 5.32 Å². The van der Waals surface area contributed by atoms with E-state index in [9.17, 15) is 0 Å². The summed E-state index contributed by atoms with van der Waals surface area (Å²) in [5, 5.41) is 5.09. The van der Waals surface area contributed by atoms with Gasteiger partial charge in [-0.1, -0.05) is 36.2 Å². The van der Waals surface area contributed by atoms with Gasteiger partial charge in [0.1, 0.15) is 0 Å². The van der Waals surface area contributed by atoms with Crippen LogP contribution in [0.4, 0.5) is 0 Å². The van der Waals surface area contributed by atoms with Crippen LogP contribution in [0.25, 0.3) is 0 Å². The molecule has 1 aliphatic heterocycles. The zero-order valence-corrected chi connectivity index (χ0v) is 12.4. The Bertz CT molecular complexity index is 389. The highest BCUT2D eigenvalue weighted by atomic mass is 35.5. The first-order chi connectivity index (χ1) is 8.61. The van der Waals surface area contributed by atoms with Crippen LogP contribution in [0.2, 0.25) is 10.0 Å². The molecule has 1 aromatic rings. The third kappa shape index (κ3) is 3.18. The van der Waals surface area contributed by atoms with E-state index in [1.165, 1.54) is 0 Å². The van der Waals surface area contributed by atoms with Gasteiger partial charge < -0.3 is 5.32 Å². The molecule has 0 bridgehead atoms. The van der Waals surface area contributed by atoms with Crippen molar-refractivity contribution in [3.8, 4) is 0 Å². The van der Waals surface area contributed by atoms with Crippen molar-refractivity contribution in [2.75, 3.05) is 13.1 Å². The first kappa shape index (κ1) is 14.1. The van der Waals surface area contributed by atoms with Gasteiger partial charge in [-0.05, 0) is 25.5 Å². The second-order valence-electron chi connectivity index (χ2n) is 4.99. The van der Waals surface area contributed by atoms with Gasteiger partial charge in [-0.2, -0.15) is 0 Å². The summed E-state index contributed by atoms with van der Waals surface area (Å²) in [4.78, 5) is 2.46. The van der Waals surface area contributed by atoms with Crippen LogP contribution in [0.15, 0.2) is 18.2 Å². The van der Waals surface area contributed by atoms with Gasteiger partial charge in [-0.15, -0.1) is 0 Å². The third-order valence-corrected chi connectivity index (χ3v) is 4.40. The Hall–Kier alpha value is -0.280. The largest absolute Gasteiger partial charge is 0.311 e. The monoisotopic (exact) mass is 286 g/mol. The summed E-state index contributed by atoms with van der Waals surface area (Å²) in [7, 11) is 0. The van der Waals surface area contributed by atoms with Crippen molar-refractivity contribution in [3.05, 3.63) is 33.8 Å². The Kier molecular flexibility index (Phi) is 4.91. The molecular formula is C14H20Cl2N2. The molecule has 100 valence electrons. The molecule has 2 unspecified atom stereocenters. The standard InChI is InChI=1S/C14H20Cl2N2/c1-3-11-8-18(10(2)7-17-11)9-12-13(15)5-4-6-14(12)16/h4-6,10-11,17H,3,7-9H2,1-2H3. The van der Waals surface area contributed by atoms with Gasteiger partial charge in [-0.3, -0.25) is 4.90 Å². The second kappa shape index (κ2) is 6.25. The van der Waals surface area contributed by atoms with E-state index in [1.807, 2.05) is 18.2 Å². The minimum Gasteiger partial charge on any atom is -0.311 e. The molecule has 2 atom stereocenters.